The van der Waals surface area contributed by atoms with E-state index in [2.05, 4.69) is 36.1 Å². The van der Waals surface area contributed by atoms with Crippen LogP contribution in [-0.2, 0) is 0 Å². The zero-order chi connectivity index (χ0) is 15.2. The molecular formula is C17H25N3O. The third-order valence-corrected chi connectivity index (χ3v) is 3.92. The van der Waals surface area contributed by atoms with Gasteiger partial charge in [0.15, 0.2) is 0 Å². The van der Waals surface area contributed by atoms with Crippen molar-refractivity contribution in [2.24, 2.45) is 0 Å². The Balaban J connectivity index is 1.74. The molecule has 0 saturated carbocycles. The minimum absolute atomic E-state index is 0.00955. The van der Waals surface area contributed by atoms with E-state index in [-0.39, 0.29) is 5.91 Å². The fraction of sp³-hybridized carbons (Fsp3) is 0.471. The molecule has 1 aromatic carbocycles. The highest BCUT2D eigenvalue weighted by Gasteiger charge is 2.06. The molecule has 0 spiro atoms. The van der Waals surface area contributed by atoms with Crippen LogP contribution in [-0.4, -0.2) is 42.0 Å². The minimum atomic E-state index is 0.00955. The predicted octanol–water partition coefficient (Wildman–Crippen LogP) is 3.02. The molecule has 0 aliphatic heterocycles. The number of fused-ring (bicyclic) bond motifs is 1. The van der Waals surface area contributed by atoms with Crippen LogP contribution >= 0.6 is 0 Å². The van der Waals surface area contributed by atoms with E-state index in [1.807, 2.05) is 30.5 Å². The molecule has 4 heteroatoms. The molecule has 0 unspecified atom stereocenters. The van der Waals surface area contributed by atoms with E-state index in [0.717, 1.165) is 42.4 Å². The van der Waals surface area contributed by atoms with Gasteiger partial charge in [0.05, 0.1) is 0 Å². The normalized spacial score (nSPS) is 11.5. The van der Waals surface area contributed by atoms with Crippen molar-refractivity contribution in [2.75, 3.05) is 20.1 Å². The van der Waals surface area contributed by atoms with Gasteiger partial charge in [0.1, 0.15) is 0 Å². The summed E-state index contributed by atoms with van der Waals surface area (Å²) in [5.41, 5.74) is 1.78. The minimum Gasteiger partial charge on any atom is -0.361 e. The second-order valence-corrected chi connectivity index (χ2v) is 5.82. The van der Waals surface area contributed by atoms with Gasteiger partial charge in [-0.25, -0.2) is 0 Å². The van der Waals surface area contributed by atoms with Crippen molar-refractivity contribution in [1.82, 2.24) is 15.2 Å². The number of aromatic amines is 1. The van der Waals surface area contributed by atoms with E-state index in [4.69, 9.17) is 0 Å². The van der Waals surface area contributed by atoms with Crippen molar-refractivity contribution in [2.45, 2.75) is 32.7 Å². The summed E-state index contributed by atoms with van der Waals surface area (Å²) in [7, 11) is 2.13. The molecular weight excluding hydrogens is 262 g/mol. The topological polar surface area (TPSA) is 48.1 Å². The quantitative estimate of drug-likeness (QED) is 0.769. The van der Waals surface area contributed by atoms with Crippen molar-refractivity contribution in [3.63, 3.8) is 0 Å². The van der Waals surface area contributed by atoms with Gasteiger partial charge < -0.3 is 15.2 Å². The maximum absolute atomic E-state index is 12.1. The number of hydrogen-bond donors (Lipinski definition) is 2. The molecule has 21 heavy (non-hydrogen) atoms. The van der Waals surface area contributed by atoms with Crippen molar-refractivity contribution in [3.05, 3.63) is 36.0 Å². The van der Waals surface area contributed by atoms with Crippen LogP contribution in [0.1, 0.15) is 37.0 Å². The number of hydrogen-bond acceptors (Lipinski definition) is 2. The van der Waals surface area contributed by atoms with Gasteiger partial charge in [0.25, 0.3) is 5.91 Å². The van der Waals surface area contributed by atoms with Crippen LogP contribution in [0.3, 0.4) is 0 Å². The van der Waals surface area contributed by atoms with Gasteiger partial charge in [-0.05, 0) is 64.5 Å². The number of amides is 1. The third kappa shape index (κ3) is 4.33. The first kappa shape index (κ1) is 15.6. The Morgan fingerprint density at radius 2 is 2.10 bits per heavy atom. The Hall–Kier alpha value is -1.81. The standard InChI is InChI=1S/C17H25N3O/c1-13(2)20(3)11-5-4-9-19-17(21)15-6-7-16-14(12-15)8-10-18-16/h6-8,10,12-13,18H,4-5,9,11H2,1-3H3,(H,19,21). The summed E-state index contributed by atoms with van der Waals surface area (Å²) in [5.74, 6) is 0.00955. The molecule has 0 bridgehead atoms. The Morgan fingerprint density at radius 1 is 1.29 bits per heavy atom. The molecule has 1 heterocycles. The average Bonchev–Trinajstić information content (AvgIpc) is 2.93. The van der Waals surface area contributed by atoms with Crippen molar-refractivity contribution in [1.29, 1.82) is 0 Å². The number of nitrogens with one attached hydrogen (secondary N) is 2. The van der Waals surface area contributed by atoms with Crippen molar-refractivity contribution < 1.29 is 4.79 Å². The number of H-pyrrole nitrogens is 1. The highest BCUT2D eigenvalue weighted by molar-refractivity contribution is 5.98. The van der Waals surface area contributed by atoms with Crippen molar-refractivity contribution in [3.8, 4) is 0 Å². The highest BCUT2D eigenvalue weighted by Crippen LogP contribution is 2.14. The zero-order valence-electron chi connectivity index (χ0n) is 13.1. The van der Waals surface area contributed by atoms with Crippen LogP contribution in [0.2, 0.25) is 0 Å². The van der Waals surface area contributed by atoms with Crippen LogP contribution in [0.15, 0.2) is 30.5 Å². The van der Waals surface area contributed by atoms with E-state index in [9.17, 15) is 4.79 Å². The lowest BCUT2D eigenvalue weighted by atomic mass is 10.1. The smallest absolute Gasteiger partial charge is 0.251 e. The molecule has 1 amide bonds. The van der Waals surface area contributed by atoms with Crippen LogP contribution in [0.5, 0.6) is 0 Å². The fourth-order valence-corrected chi connectivity index (χ4v) is 2.24. The SMILES string of the molecule is CC(C)N(C)CCCCNC(=O)c1ccc2[nH]ccc2c1. The summed E-state index contributed by atoms with van der Waals surface area (Å²) >= 11 is 0. The largest absolute Gasteiger partial charge is 0.361 e. The average molecular weight is 287 g/mol. The number of aromatic nitrogens is 1. The van der Waals surface area contributed by atoms with E-state index < -0.39 is 0 Å². The summed E-state index contributed by atoms with van der Waals surface area (Å²) < 4.78 is 0. The Morgan fingerprint density at radius 3 is 2.86 bits per heavy atom. The van der Waals surface area contributed by atoms with Gasteiger partial charge in [0, 0.05) is 35.2 Å². The second kappa shape index (κ2) is 7.27. The van der Waals surface area contributed by atoms with E-state index in [0.29, 0.717) is 6.04 Å². The Labute approximate surface area is 126 Å². The first-order valence-electron chi connectivity index (χ1n) is 7.63. The molecule has 4 nitrogen and oxygen atoms in total. The van der Waals surface area contributed by atoms with Gasteiger partial charge in [-0.3, -0.25) is 4.79 Å². The number of carbonyl (C=O) groups is 1. The van der Waals surface area contributed by atoms with E-state index in [1.165, 1.54) is 0 Å². The maximum atomic E-state index is 12.1. The Kier molecular flexibility index (Phi) is 5.39. The number of unbranched alkanes of at least 4 members (excludes halogenated alkanes) is 1. The first-order valence-corrected chi connectivity index (χ1v) is 7.63. The molecule has 2 aromatic rings. The first-order chi connectivity index (χ1) is 10.1. The summed E-state index contributed by atoms with van der Waals surface area (Å²) in [6.45, 7) is 6.19. The van der Waals surface area contributed by atoms with E-state index in [1.54, 1.807) is 0 Å². The second-order valence-electron chi connectivity index (χ2n) is 5.82. The zero-order valence-corrected chi connectivity index (χ0v) is 13.1. The van der Waals surface area contributed by atoms with Crippen LogP contribution < -0.4 is 5.32 Å². The van der Waals surface area contributed by atoms with Gasteiger partial charge in [-0.1, -0.05) is 0 Å². The Bertz CT molecular complexity index is 588. The van der Waals surface area contributed by atoms with Crippen LogP contribution in [0.4, 0.5) is 0 Å². The van der Waals surface area contributed by atoms with Gasteiger partial charge in [0.2, 0.25) is 0 Å². The van der Waals surface area contributed by atoms with Crippen molar-refractivity contribution >= 4 is 16.8 Å². The van der Waals surface area contributed by atoms with Gasteiger partial charge in [-0.15, -0.1) is 0 Å². The number of benzene rings is 1. The third-order valence-electron chi connectivity index (χ3n) is 3.92. The molecule has 2 rings (SSSR count). The molecule has 0 saturated heterocycles. The fourth-order valence-electron chi connectivity index (χ4n) is 2.24. The number of nitrogens with zero attached hydrogens (tertiary/aromatic N) is 1. The molecule has 0 aliphatic rings. The molecule has 2 N–H and O–H groups in total. The summed E-state index contributed by atoms with van der Waals surface area (Å²) in [4.78, 5) is 17.5. The summed E-state index contributed by atoms with van der Waals surface area (Å²) in [6, 6.07) is 8.29. The lowest BCUT2D eigenvalue weighted by molar-refractivity contribution is 0.0952. The maximum Gasteiger partial charge on any atom is 0.251 e. The monoisotopic (exact) mass is 287 g/mol. The number of rotatable bonds is 7. The summed E-state index contributed by atoms with van der Waals surface area (Å²) in [5, 5.41) is 4.06. The molecule has 0 fully saturated rings. The molecule has 0 radical (unpaired) electrons. The highest BCUT2D eigenvalue weighted by atomic mass is 16.1. The van der Waals surface area contributed by atoms with Gasteiger partial charge >= 0.3 is 0 Å². The lowest BCUT2D eigenvalue weighted by Crippen LogP contribution is -2.29. The molecule has 1 aromatic heterocycles. The lowest BCUT2D eigenvalue weighted by Gasteiger charge is -2.20. The van der Waals surface area contributed by atoms with Crippen LogP contribution in [0.25, 0.3) is 10.9 Å². The molecule has 114 valence electrons. The molecule has 0 aliphatic carbocycles. The predicted molar refractivity (Wildman–Crippen MR) is 87.6 cm³/mol. The molecule has 0 atom stereocenters. The number of carbonyl (C=O) groups excluding carboxylic acids is 1. The van der Waals surface area contributed by atoms with E-state index >= 15 is 0 Å². The van der Waals surface area contributed by atoms with Crippen LogP contribution in [0, 0.1) is 0 Å². The summed E-state index contributed by atoms with van der Waals surface area (Å²) in [6.07, 6.45) is 4.00. The van der Waals surface area contributed by atoms with Gasteiger partial charge in [-0.2, -0.15) is 0 Å².